The Morgan fingerprint density at radius 3 is 2.52 bits per heavy atom. The van der Waals surface area contributed by atoms with E-state index in [0.717, 1.165) is 10.6 Å². The molecule has 1 unspecified atom stereocenters. The lowest BCUT2D eigenvalue weighted by Crippen LogP contribution is -2.21. The fraction of sp³-hybridized carbons (Fsp3) is 0.200. The first-order chi connectivity index (χ1) is 14.1. The normalized spacial score (nSPS) is 15.3. The predicted molar refractivity (Wildman–Crippen MR) is 107 cm³/mol. The predicted octanol–water partition coefficient (Wildman–Crippen LogP) is 3.38. The average molecular weight is 410 g/mol. The number of H-pyrrole nitrogens is 1. The van der Waals surface area contributed by atoms with Crippen molar-refractivity contribution in [3.63, 3.8) is 0 Å². The van der Waals surface area contributed by atoms with Gasteiger partial charge in [0.15, 0.2) is 11.5 Å². The number of hydrogen-bond donors (Lipinski definition) is 2. The number of rotatable bonds is 5. The Kier molecular flexibility index (Phi) is 4.78. The monoisotopic (exact) mass is 410 g/mol. The lowest BCUT2D eigenvalue weighted by Gasteiger charge is -2.26. The van der Waals surface area contributed by atoms with Crippen LogP contribution in [0, 0.1) is 11.3 Å². The number of nitrogens with one attached hydrogen (secondary N) is 1. The van der Waals surface area contributed by atoms with Gasteiger partial charge in [-0.3, -0.25) is 5.10 Å². The standard InChI is InChI=1S/C20H18N4O4S/c1-25-12-8-14(27-3)13(26-2)7-10(12)16-11(9-21)19(22)28-20-17(16)18(23-24-20)15-5-4-6-29-15/h4-8,16H,22H2,1-3H3,(H,23,24). The van der Waals surface area contributed by atoms with Crippen LogP contribution >= 0.6 is 11.3 Å². The Balaban J connectivity index is 2.01. The average Bonchev–Trinajstić information content (AvgIpc) is 3.41. The third kappa shape index (κ3) is 2.94. The highest BCUT2D eigenvalue weighted by molar-refractivity contribution is 7.13. The lowest BCUT2D eigenvalue weighted by molar-refractivity contribution is 0.346. The van der Waals surface area contributed by atoms with Crippen LogP contribution in [-0.4, -0.2) is 31.5 Å². The molecule has 0 radical (unpaired) electrons. The fourth-order valence-electron chi connectivity index (χ4n) is 3.44. The van der Waals surface area contributed by atoms with E-state index in [1.54, 1.807) is 44.8 Å². The van der Waals surface area contributed by atoms with Crippen LogP contribution in [-0.2, 0) is 0 Å². The number of hydrogen-bond acceptors (Lipinski definition) is 8. The molecule has 1 atom stereocenters. The van der Waals surface area contributed by atoms with Crippen molar-refractivity contribution in [2.24, 2.45) is 5.73 Å². The number of methoxy groups -OCH3 is 3. The zero-order valence-electron chi connectivity index (χ0n) is 16.0. The van der Waals surface area contributed by atoms with Gasteiger partial charge in [-0.15, -0.1) is 16.4 Å². The molecule has 0 saturated heterocycles. The van der Waals surface area contributed by atoms with E-state index < -0.39 is 5.92 Å². The Hall–Kier alpha value is -3.64. The number of fused-ring (bicyclic) bond motifs is 1. The number of ether oxygens (including phenoxy) is 4. The third-order valence-electron chi connectivity index (χ3n) is 4.75. The van der Waals surface area contributed by atoms with E-state index in [4.69, 9.17) is 24.7 Å². The van der Waals surface area contributed by atoms with Gasteiger partial charge in [0.1, 0.15) is 17.4 Å². The molecule has 1 aliphatic heterocycles. The van der Waals surface area contributed by atoms with Gasteiger partial charge in [0.25, 0.3) is 0 Å². The van der Waals surface area contributed by atoms with Gasteiger partial charge in [-0.2, -0.15) is 5.26 Å². The first-order valence-electron chi connectivity index (χ1n) is 8.62. The quantitative estimate of drug-likeness (QED) is 0.662. The first-order valence-corrected chi connectivity index (χ1v) is 9.50. The molecule has 3 aromatic rings. The SMILES string of the molecule is COc1cc(OC)c(C2C(C#N)=C(N)Oc3n[nH]c(-c4cccs4)c32)cc1OC. The number of aromatic amines is 1. The van der Waals surface area contributed by atoms with Crippen LogP contribution in [0.2, 0.25) is 0 Å². The van der Waals surface area contributed by atoms with E-state index in [1.165, 1.54) is 0 Å². The zero-order valence-corrected chi connectivity index (χ0v) is 16.8. The van der Waals surface area contributed by atoms with Crippen molar-refractivity contribution in [2.75, 3.05) is 21.3 Å². The van der Waals surface area contributed by atoms with E-state index >= 15 is 0 Å². The maximum atomic E-state index is 9.88. The minimum absolute atomic E-state index is 0.00562. The summed E-state index contributed by atoms with van der Waals surface area (Å²) in [5, 5.41) is 19.1. The second-order valence-corrected chi connectivity index (χ2v) is 7.12. The van der Waals surface area contributed by atoms with Gasteiger partial charge in [-0.1, -0.05) is 6.07 Å². The first kappa shape index (κ1) is 18.7. The van der Waals surface area contributed by atoms with E-state index in [0.29, 0.717) is 34.3 Å². The number of nitrogens with two attached hydrogens (primary N) is 1. The molecule has 9 heteroatoms. The van der Waals surface area contributed by atoms with Gasteiger partial charge < -0.3 is 24.7 Å². The minimum atomic E-state index is -0.561. The molecule has 0 saturated carbocycles. The van der Waals surface area contributed by atoms with Crippen molar-refractivity contribution in [3.05, 3.63) is 52.2 Å². The van der Waals surface area contributed by atoms with Gasteiger partial charge in [-0.25, -0.2) is 0 Å². The molecule has 148 valence electrons. The van der Waals surface area contributed by atoms with Crippen molar-refractivity contribution >= 4 is 11.3 Å². The Labute approximate surface area is 171 Å². The van der Waals surface area contributed by atoms with E-state index in [9.17, 15) is 5.26 Å². The van der Waals surface area contributed by atoms with Crippen molar-refractivity contribution < 1.29 is 18.9 Å². The maximum Gasteiger partial charge on any atom is 0.244 e. The molecular weight excluding hydrogens is 392 g/mol. The molecular formula is C20H18N4O4S. The summed E-state index contributed by atoms with van der Waals surface area (Å²) in [7, 11) is 4.65. The highest BCUT2D eigenvalue weighted by Gasteiger charge is 2.38. The third-order valence-corrected chi connectivity index (χ3v) is 5.64. The second kappa shape index (κ2) is 7.41. The Bertz CT molecular complexity index is 1130. The molecule has 29 heavy (non-hydrogen) atoms. The molecule has 3 heterocycles. The van der Waals surface area contributed by atoms with Gasteiger partial charge in [-0.05, 0) is 17.5 Å². The van der Waals surface area contributed by atoms with Crippen LogP contribution in [0.15, 0.2) is 41.1 Å². The van der Waals surface area contributed by atoms with E-state index in [-0.39, 0.29) is 11.5 Å². The highest BCUT2D eigenvalue weighted by Crippen LogP contribution is 2.50. The van der Waals surface area contributed by atoms with Crippen LogP contribution in [0.3, 0.4) is 0 Å². The summed E-state index contributed by atoms with van der Waals surface area (Å²) in [6.45, 7) is 0. The second-order valence-electron chi connectivity index (χ2n) is 6.17. The van der Waals surface area contributed by atoms with Gasteiger partial charge in [0.05, 0.1) is 43.4 Å². The van der Waals surface area contributed by atoms with Crippen LogP contribution in [0.5, 0.6) is 23.1 Å². The van der Waals surface area contributed by atoms with Crippen molar-refractivity contribution in [3.8, 4) is 39.8 Å². The van der Waals surface area contributed by atoms with Crippen LogP contribution in [0.1, 0.15) is 17.0 Å². The molecule has 8 nitrogen and oxygen atoms in total. The van der Waals surface area contributed by atoms with E-state index in [1.807, 2.05) is 17.5 Å². The summed E-state index contributed by atoms with van der Waals surface area (Å²) in [6.07, 6.45) is 0. The summed E-state index contributed by atoms with van der Waals surface area (Å²) >= 11 is 1.55. The Morgan fingerprint density at radius 2 is 1.90 bits per heavy atom. The highest BCUT2D eigenvalue weighted by atomic mass is 32.1. The molecule has 1 aromatic carbocycles. The maximum absolute atomic E-state index is 9.88. The smallest absolute Gasteiger partial charge is 0.244 e. The zero-order chi connectivity index (χ0) is 20.5. The summed E-state index contributed by atoms with van der Waals surface area (Å²) < 4.78 is 22.1. The Morgan fingerprint density at radius 1 is 1.17 bits per heavy atom. The number of benzene rings is 1. The number of nitriles is 1. The largest absolute Gasteiger partial charge is 0.496 e. The molecule has 2 aromatic heterocycles. The summed E-state index contributed by atoms with van der Waals surface area (Å²) in [5.41, 5.74) is 8.49. The summed E-state index contributed by atoms with van der Waals surface area (Å²) in [6, 6.07) is 9.60. The van der Waals surface area contributed by atoms with Crippen LogP contribution in [0.4, 0.5) is 0 Å². The van der Waals surface area contributed by atoms with Crippen molar-refractivity contribution in [1.29, 1.82) is 5.26 Å². The fourth-order valence-corrected chi connectivity index (χ4v) is 4.18. The minimum Gasteiger partial charge on any atom is -0.496 e. The number of thiophene rings is 1. The van der Waals surface area contributed by atoms with E-state index in [2.05, 4.69) is 16.3 Å². The van der Waals surface area contributed by atoms with Crippen molar-refractivity contribution in [2.45, 2.75) is 5.92 Å². The van der Waals surface area contributed by atoms with Gasteiger partial charge >= 0.3 is 0 Å². The number of aromatic nitrogens is 2. The number of nitrogens with zero attached hydrogens (tertiary/aromatic N) is 2. The summed E-state index contributed by atoms with van der Waals surface area (Å²) in [5.74, 6) is 1.32. The molecule has 4 rings (SSSR count). The van der Waals surface area contributed by atoms with Crippen molar-refractivity contribution in [1.82, 2.24) is 10.2 Å². The molecule has 0 bridgehead atoms. The lowest BCUT2D eigenvalue weighted by atomic mass is 9.83. The molecule has 0 amide bonds. The van der Waals surface area contributed by atoms with Crippen LogP contribution in [0.25, 0.3) is 10.6 Å². The van der Waals surface area contributed by atoms with Crippen LogP contribution < -0.4 is 24.7 Å². The molecule has 3 N–H and O–H groups in total. The molecule has 1 aliphatic rings. The van der Waals surface area contributed by atoms with Gasteiger partial charge in [0.2, 0.25) is 11.8 Å². The number of allylic oxidation sites excluding steroid dienone is 1. The van der Waals surface area contributed by atoms with Gasteiger partial charge in [0, 0.05) is 11.6 Å². The molecule has 0 spiro atoms. The molecule has 0 aliphatic carbocycles. The summed E-state index contributed by atoms with van der Waals surface area (Å²) in [4.78, 5) is 0.963. The molecule has 0 fully saturated rings. The topological polar surface area (TPSA) is 115 Å².